The van der Waals surface area contributed by atoms with Crippen LogP contribution in [0.25, 0.3) is 10.9 Å². The van der Waals surface area contributed by atoms with Crippen LogP contribution in [-0.2, 0) is 5.75 Å². The zero-order valence-corrected chi connectivity index (χ0v) is 10.7. The summed E-state index contributed by atoms with van der Waals surface area (Å²) in [6, 6.07) is 5.54. The van der Waals surface area contributed by atoms with Gasteiger partial charge in [-0.25, -0.2) is 0 Å². The average Bonchev–Trinajstić information content (AvgIpc) is 2.38. The number of aromatic nitrogens is 1. The largest absolute Gasteiger partial charge is 0.497 e. The maximum Gasteiger partial charge on any atom is 0.176 e. The number of fused-ring (bicyclic) bond motifs is 2. The predicted molar refractivity (Wildman–Crippen MR) is 73.2 cm³/mol. The Hall–Kier alpha value is -1.75. The van der Waals surface area contributed by atoms with E-state index in [4.69, 9.17) is 10.5 Å². The maximum absolute atomic E-state index is 11.9. The van der Waals surface area contributed by atoms with Crippen molar-refractivity contribution in [1.82, 2.24) is 4.98 Å². The number of anilines is 1. The number of hydrogen-bond acceptors (Lipinski definition) is 5. The van der Waals surface area contributed by atoms with Crippen molar-refractivity contribution in [2.75, 3.05) is 18.6 Å². The number of benzene rings is 1. The Morgan fingerprint density at radius 2 is 2.22 bits per heavy atom. The van der Waals surface area contributed by atoms with Crippen LogP contribution in [-0.4, -0.2) is 23.6 Å². The molecule has 0 spiro atoms. The molecule has 2 N–H and O–H groups in total. The van der Waals surface area contributed by atoms with Gasteiger partial charge in [0, 0.05) is 11.1 Å². The van der Waals surface area contributed by atoms with Crippen LogP contribution in [0.4, 0.5) is 5.69 Å². The first-order chi connectivity index (χ1) is 8.70. The Kier molecular flexibility index (Phi) is 2.63. The van der Waals surface area contributed by atoms with Gasteiger partial charge in [-0.1, -0.05) is 0 Å². The van der Waals surface area contributed by atoms with Gasteiger partial charge < -0.3 is 10.5 Å². The van der Waals surface area contributed by atoms with E-state index in [-0.39, 0.29) is 5.78 Å². The molecular weight excluding hydrogens is 248 g/mol. The van der Waals surface area contributed by atoms with Gasteiger partial charge in [-0.2, -0.15) is 0 Å². The molecule has 0 atom stereocenters. The van der Waals surface area contributed by atoms with Crippen LogP contribution in [0.15, 0.2) is 18.2 Å². The highest BCUT2D eigenvalue weighted by Crippen LogP contribution is 2.33. The van der Waals surface area contributed by atoms with Crippen molar-refractivity contribution in [3.8, 4) is 5.75 Å². The zero-order valence-electron chi connectivity index (χ0n) is 9.90. The Morgan fingerprint density at radius 3 is 3.00 bits per heavy atom. The normalized spacial score (nSPS) is 14.6. The second-order valence-corrected chi connectivity index (χ2v) is 5.13. The number of nitrogen functional groups attached to an aromatic ring is 1. The molecule has 2 heterocycles. The summed E-state index contributed by atoms with van der Waals surface area (Å²) in [6.07, 6.45) is 0. The first-order valence-electron chi connectivity index (χ1n) is 5.57. The molecule has 18 heavy (non-hydrogen) atoms. The third-order valence-corrected chi connectivity index (χ3v) is 4.00. The van der Waals surface area contributed by atoms with E-state index in [1.807, 2.05) is 18.2 Å². The fourth-order valence-electron chi connectivity index (χ4n) is 2.17. The number of thioether (sulfide) groups is 1. The van der Waals surface area contributed by atoms with Gasteiger partial charge in [-0.15, -0.1) is 11.8 Å². The van der Waals surface area contributed by atoms with Crippen molar-refractivity contribution >= 4 is 34.1 Å². The van der Waals surface area contributed by atoms with E-state index in [0.29, 0.717) is 22.8 Å². The molecule has 0 radical (unpaired) electrons. The molecule has 0 amide bonds. The molecule has 0 aliphatic carbocycles. The van der Waals surface area contributed by atoms with Crippen molar-refractivity contribution < 1.29 is 9.53 Å². The number of nitrogens with two attached hydrogens (primary N) is 1. The minimum absolute atomic E-state index is 0.0657. The standard InChI is InChI=1S/C13H12N2O2S/c1-17-7-2-3-9-8(4-7)13(14)12-10(15-9)5-18-6-11(12)16/h2-4H,5-6H2,1H3,(H2,14,15). The van der Waals surface area contributed by atoms with E-state index < -0.39 is 0 Å². The Labute approximate surface area is 109 Å². The van der Waals surface area contributed by atoms with Crippen molar-refractivity contribution in [3.05, 3.63) is 29.5 Å². The highest BCUT2D eigenvalue weighted by atomic mass is 32.2. The van der Waals surface area contributed by atoms with E-state index in [0.717, 1.165) is 22.3 Å². The molecule has 1 aromatic carbocycles. The lowest BCUT2D eigenvalue weighted by Crippen LogP contribution is -2.16. The molecule has 2 aromatic rings. The number of carbonyl (C=O) groups excluding carboxylic acids is 1. The quantitative estimate of drug-likeness (QED) is 0.852. The summed E-state index contributed by atoms with van der Waals surface area (Å²) in [5.74, 6) is 2.01. The van der Waals surface area contributed by atoms with Gasteiger partial charge in [0.15, 0.2) is 5.78 Å². The third kappa shape index (κ3) is 1.62. The molecule has 3 rings (SSSR count). The van der Waals surface area contributed by atoms with Crippen molar-refractivity contribution in [2.24, 2.45) is 0 Å². The second kappa shape index (κ2) is 4.17. The summed E-state index contributed by atoms with van der Waals surface area (Å²) >= 11 is 1.58. The number of rotatable bonds is 1. The third-order valence-electron chi connectivity index (χ3n) is 3.06. The van der Waals surface area contributed by atoms with Crippen LogP contribution in [0.3, 0.4) is 0 Å². The minimum Gasteiger partial charge on any atom is -0.497 e. The first kappa shape index (κ1) is 11.3. The van der Waals surface area contributed by atoms with Crippen LogP contribution in [0.2, 0.25) is 0 Å². The maximum atomic E-state index is 11.9. The predicted octanol–water partition coefficient (Wildman–Crippen LogP) is 2.26. The Balaban J connectivity index is 2.34. The van der Waals surface area contributed by atoms with E-state index >= 15 is 0 Å². The molecule has 92 valence electrons. The number of pyridine rings is 1. The molecule has 1 aromatic heterocycles. The highest BCUT2D eigenvalue weighted by Gasteiger charge is 2.23. The summed E-state index contributed by atoms with van der Waals surface area (Å²) in [5, 5.41) is 0.786. The van der Waals surface area contributed by atoms with Gasteiger partial charge >= 0.3 is 0 Å². The summed E-state index contributed by atoms with van der Waals surface area (Å²) in [4.78, 5) is 16.5. The van der Waals surface area contributed by atoms with E-state index in [1.165, 1.54) is 0 Å². The minimum atomic E-state index is 0.0657. The first-order valence-corrected chi connectivity index (χ1v) is 6.73. The van der Waals surface area contributed by atoms with Crippen LogP contribution >= 0.6 is 11.8 Å². The number of hydrogen-bond donors (Lipinski definition) is 1. The Bertz CT molecular complexity index is 655. The number of ether oxygens (including phenoxy) is 1. The lowest BCUT2D eigenvalue weighted by Gasteiger charge is -2.17. The summed E-state index contributed by atoms with van der Waals surface area (Å²) in [7, 11) is 1.60. The summed E-state index contributed by atoms with van der Waals surface area (Å²) in [6.45, 7) is 0. The molecule has 0 saturated heterocycles. The molecule has 4 nitrogen and oxygen atoms in total. The molecule has 1 aliphatic heterocycles. The van der Waals surface area contributed by atoms with E-state index in [9.17, 15) is 4.79 Å². The van der Waals surface area contributed by atoms with E-state index in [1.54, 1.807) is 18.9 Å². The van der Waals surface area contributed by atoms with Gasteiger partial charge in [0.05, 0.1) is 35.3 Å². The zero-order chi connectivity index (χ0) is 12.7. The van der Waals surface area contributed by atoms with Gasteiger partial charge in [0.2, 0.25) is 0 Å². The highest BCUT2D eigenvalue weighted by molar-refractivity contribution is 7.99. The topological polar surface area (TPSA) is 65.2 Å². The number of carbonyl (C=O) groups is 1. The van der Waals surface area contributed by atoms with Crippen molar-refractivity contribution in [1.29, 1.82) is 0 Å². The fourth-order valence-corrected chi connectivity index (χ4v) is 3.01. The molecule has 0 saturated carbocycles. The molecule has 5 heteroatoms. The monoisotopic (exact) mass is 260 g/mol. The summed E-state index contributed by atoms with van der Waals surface area (Å²) in [5.41, 5.74) is 8.85. The Morgan fingerprint density at radius 1 is 1.39 bits per heavy atom. The second-order valence-electron chi connectivity index (χ2n) is 4.15. The number of Topliss-reactive ketones (excluding diaryl/α,β-unsaturated/α-hetero) is 1. The van der Waals surface area contributed by atoms with Gasteiger partial charge in [-0.3, -0.25) is 9.78 Å². The lowest BCUT2D eigenvalue weighted by molar-refractivity contribution is 0.102. The molecular formula is C13H12N2O2S. The number of ketones is 1. The van der Waals surface area contributed by atoms with Gasteiger partial charge in [0.25, 0.3) is 0 Å². The SMILES string of the molecule is COc1ccc2nc3c(c(N)c2c1)C(=O)CSC3. The summed E-state index contributed by atoms with van der Waals surface area (Å²) < 4.78 is 5.18. The number of nitrogens with zero attached hydrogens (tertiary/aromatic N) is 1. The average molecular weight is 260 g/mol. The molecule has 0 unspecified atom stereocenters. The van der Waals surface area contributed by atoms with Crippen LogP contribution in [0.5, 0.6) is 5.75 Å². The smallest absolute Gasteiger partial charge is 0.176 e. The molecule has 1 aliphatic rings. The van der Waals surface area contributed by atoms with Crippen LogP contribution in [0, 0.1) is 0 Å². The van der Waals surface area contributed by atoms with Gasteiger partial charge in [0.1, 0.15) is 5.75 Å². The molecule has 0 bridgehead atoms. The lowest BCUT2D eigenvalue weighted by atomic mass is 10.0. The van der Waals surface area contributed by atoms with E-state index in [2.05, 4.69) is 4.98 Å². The molecule has 0 fully saturated rings. The van der Waals surface area contributed by atoms with Crippen molar-refractivity contribution in [2.45, 2.75) is 5.75 Å². The van der Waals surface area contributed by atoms with Crippen LogP contribution in [0.1, 0.15) is 16.1 Å². The fraction of sp³-hybridized carbons (Fsp3) is 0.231. The van der Waals surface area contributed by atoms with Crippen molar-refractivity contribution in [3.63, 3.8) is 0 Å². The van der Waals surface area contributed by atoms with Gasteiger partial charge in [-0.05, 0) is 18.2 Å². The van der Waals surface area contributed by atoms with Crippen LogP contribution < -0.4 is 10.5 Å². The number of methoxy groups -OCH3 is 1.